The van der Waals surface area contributed by atoms with Gasteiger partial charge in [0.2, 0.25) is 0 Å². The summed E-state index contributed by atoms with van der Waals surface area (Å²) in [4.78, 5) is 0. The van der Waals surface area contributed by atoms with Crippen molar-refractivity contribution in [3.63, 3.8) is 0 Å². The van der Waals surface area contributed by atoms with E-state index >= 15 is 0 Å². The molecule has 1 aromatic carbocycles. The highest BCUT2D eigenvalue weighted by Crippen LogP contribution is 2.16. The number of hydrogen-bond acceptors (Lipinski definition) is 3. The van der Waals surface area contributed by atoms with Crippen molar-refractivity contribution >= 4 is 11.4 Å². The van der Waals surface area contributed by atoms with Gasteiger partial charge in [-0.15, -0.1) is 0 Å². The summed E-state index contributed by atoms with van der Waals surface area (Å²) in [6.45, 7) is 2.73. The van der Waals surface area contributed by atoms with Crippen LogP contribution in [-0.2, 0) is 0 Å². The van der Waals surface area contributed by atoms with E-state index < -0.39 is 0 Å². The lowest BCUT2D eigenvalue weighted by molar-refractivity contribution is 0.164. The van der Waals surface area contributed by atoms with Crippen LogP contribution in [0, 0.1) is 0 Å². The minimum atomic E-state index is -0.215. The third kappa shape index (κ3) is 3.26. The van der Waals surface area contributed by atoms with Crippen LogP contribution in [0.5, 0.6) is 0 Å². The van der Waals surface area contributed by atoms with E-state index in [0.29, 0.717) is 0 Å². The van der Waals surface area contributed by atoms with Crippen LogP contribution in [0.25, 0.3) is 0 Å². The molecule has 1 rings (SSSR count). The summed E-state index contributed by atoms with van der Waals surface area (Å²) in [5.41, 5.74) is 7.43. The van der Waals surface area contributed by atoms with E-state index in [0.717, 1.165) is 30.8 Å². The van der Waals surface area contributed by atoms with E-state index in [1.165, 1.54) is 0 Å². The molecule has 0 fully saturated rings. The van der Waals surface area contributed by atoms with E-state index in [4.69, 9.17) is 5.73 Å². The fraction of sp³-hybridized carbons (Fsp3) is 0.455. The van der Waals surface area contributed by atoms with Crippen LogP contribution in [0.1, 0.15) is 19.8 Å². The SMILES string of the molecule is CCC(O)CCNc1ccccc1N. The summed E-state index contributed by atoms with van der Waals surface area (Å²) in [6.07, 6.45) is 1.34. The summed E-state index contributed by atoms with van der Waals surface area (Å²) in [5.74, 6) is 0. The molecule has 0 radical (unpaired) electrons. The minimum absolute atomic E-state index is 0.215. The Hall–Kier alpha value is -1.22. The number of benzene rings is 1. The lowest BCUT2D eigenvalue weighted by Gasteiger charge is -2.11. The third-order valence-electron chi connectivity index (χ3n) is 2.23. The van der Waals surface area contributed by atoms with Gasteiger partial charge in [0.25, 0.3) is 0 Å². The van der Waals surface area contributed by atoms with Crippen LogP contribution >= 0.6 is 0 Å². The monoisotopic (exact) mass is 194 g/mol. The molecule has 0 aromatic heterocycles. The van der Waals surface area contributed by atoms with Crippen molar-refractivity contribution in [2.75, 3.05) is 17.6 Å². The molecule has 0 saturated carbocycles. The van der Waals surface area contributed by atoms with Crippen molar-refractivity contribution in [2.45, 2.75) is 25.9 Å². The van der Waals surface area contributed by atoms with Crippen molar-refractivity contribution in [3.05, 3.63) is 24.3 Å². The molecular formula is C11H18N2O. The van der Waals surface area contributed by atoms with Crippen LogP contribution in [0.4, 0.5) is 11.4 Å². The highest BCUT2D eigenvalue weighted by Gasteiger charge is 2.00. The van der Waals surface area contributed by atoms with Crippen LogP contribution in [0.15, 0.2) is 24.3 Å². The Morgan fingerprint density at radius 3 is 2.79 bits per heavy atom. The van der Waals surface area contributed by atoms with E-state index in [1.54, 1.807) is 0 Å². The Labute approximate surface area is 84.9 Å². The van der Waals surface area contributed by atoms with Gasteiger partial charge in [-0.2, -0.15) is 0 Å². The maximum Gasteiger partial charge on any atom is 0.0573 e. The van der Waals surface area contributed by atoms with Gasteiger partial charge in [-0.1, -0.05) is 19.1 Å². The van der Waals surface area contributed by atoms with Crippen molar-refractivity contribution in [1.29, 1.82) is 0 Å². The largest absolute Gasteiger partial charge is 0.397 e. The second kappa shape index (κ2) is 5.50. The lowest BCUT2D eigenvalue weighted by Crippen LogP contribution is -2.12. The summed E-state index contributed by atoms with van der Waals surface area (Å²) in [5, 5.41) is 12.5. The predicted octanol–water partition coefficient (Wildman–Crippen LogP) is 1.84. The zero-order valence-electron chi connectivity index (χ0n) is 8.53. The molecule has 4 N–H and O–H groups in total. The van der Waals surface area contributed by atoms with E-state index in [9.17, 15) is 5.11 Å². The third-order valence-corrected chi connectivity index (χ3v) is 2.23. The number of hydrogen-bond donors (Lipinski definition) is 3. The van der Waals surface area contributed by atoms with Gasteiger partial charge < -0.3 is 16.2 Å². The van der Waals surface area contributed by atoms with E-state index in [1.807, 2.05) is 31.2 Å². The summed E-state index contributed by atoms with van der Waals surface area (Å²) >= 11 is 0. The topological polar surface area (TPSA) is 58.3 Å². The number of aliphatic hydroxyl groups is 1. The minimum Gasteiger partial charge on any atom is -0.397 e. The van der Waals surface area contributed by atoms with Gasteiger partial charge in [-0.25, -0.2) is 0 Å². The van der Waals surface area contributed by atoms with Gasteiger partial charge in [0, 0.05) is 6.54 Å². The first-order chi connectivity index (χ1) is 6.74. The zero-order chi connectivity index (χ0) is 10.4. The Morgan fingerprint density at radius 2 is 2.14 bits per heavy atom. The van der Waals surface area contributed by atoms with Crippen LogP contribution in [0.3, 0.4) is 0 Å². The molecule has 3 heteroatoms. The highest BCUT2D eigenvalue weighted by atomic mass is 16.3. The number of anilines is 2. The first-order valence-electron chi connectivity index (χ1n) is 5.00. The fourth-order valence-corrected chi connectivity index (χ4v) is 1.24. The Kier molecular flexibility index (Phi) is 4.26. The smallest absolute Gasteiger partial charge is 0.0573 e. The van der Waals surface area contributed by atoms with Gasteiger partial charge in [-0.05, 0) is 25.0 Å². The molecule has 14 heavy (non-hydrogen) atoms. The Balaban J connectivity index is 2.35. The Bertz CT molecular complexity index is 276. The first kappa shape index (κ1) is 10.9. The second-order valence-electron chi connectivity index (χ2n) is 3.36. The standard InChI is InChI=1S/C11H18N2O/c1-2-9(14)7-8-13-11-6-4-3-5-10(11)12/h3-6,9,13-14H,2,7-8,12H2,1H3. The molecule has 78 valence electrons. The number of rotatable bonds is 5. The molecule has 0 amide bonds. The quantitative estimate of drug-likeness (QED) is 0.627. The number of nitrogen functional groups attached to an aromatic ring is 1. The van der Waals surface area contributed by atoms with Crippen LogP contribution in [-0.4, -0.2) is 17.8 Å². The fourth-order valence-electron chi connectivity index (χ4n) is 1.24. The summed E-state index contributed by atoms with van der Waals surface area (Å²) in [7, 11) is 0. The molecule has 1 atom stereocenters. The van der Waals surface area contributed by atoms with Crippen LogP contribution < -0.4 is 11.1 Å². The molecule has 3 nitrogen and oxygen atoms in total. The maximum absolute atomic E-state index is 9.33. The van der Waals surface area contributed by atoms with Gasteiger partial charge in [0.1, 0.15) is 0 Å². The first-order valence-corrected chi connectivity index (χ1v) is 5.00. The van der Waals surface area contributed by atoms with E-state index in [2.05, 4.69) is 5.32 Å². The average Bonchev–Trinajstić information content (AvgIpc) is 2.20. The average molecular weight is 194 g/mol. The normalized spacial score (nSPS) is 12.4. The van der Waals surface area contributed by atoms with Crippen molar-refractivity contribution in [3.8, 4) is 0 Å². The molecule has 1 aromatic rings. The number of nitrogens with one attached hydrogen (secondary N) is 1. The number of para-hydroxylation sites is 2. The molecule has 1 unspecified atom stereocenters. The van der Waals surface area contributed by atoms with E-state index in [-0.39, 0.29) is 6.10 Å². The molecule has 0 aliphatic rings. The van der Waals surface area contributed by atoms with Crippen molar-refractivity contribution in [2.24, 2.45) is 0 Å². The maximum atomic E-state index is 9.33. The van der Waals surface area contributed by atoms with Crippen molar-refractivity contribution < 1.29 is 5.11 Å². The molecule has 0 heterocycles. The van der Waals surface area contributed by atoms with Gasteiger partial charge in [-0.3, -0.25) is 0 Å². The van der Waals surface area contributed by atoms with Gasteiger partial charge >= 0.3 is 0 Å². The molecular weight excluding hydrogens is 176 g/mol. The Morgan fingerprint density at radius 1 is 1.43 bits per heavy atom. The summed E-state index contributed by atoms with van der Waals surface area (Å²) in [6, 6.07) is 7.64. The van der Waals surface area contributed by atoms with Crippen molar-refractivity contribution in [1.82, 2.24) is 0 Å². The highest BCUT2D eigenvalue weighted by molar-refractivity contribution is 5.65. The van der Waals surface area contributed by atoms with Crippen LogP contribution in [0.2, 0.25) is 0 Å². The lowest BCUT2D eigenvalue weighted by atomic mass is 10.2. The van der Waals surface area contributed by atoms with Gasteiger partial charge in [0.15, 0.2) is 0 Å². The molecule has 0 aliphatic heterocycles. The van der Waals surface area contributed by atoms with Gasteiger partial charge in [0.05, 0.1) is 17.5 Å². The molecule has 0 bridgehead atoms. The molecule has 0 aliphatic carbocycles. The second-order valence-corrected chi connectivity index (χ2v) is 3.36. The number of nitrogens with two attached hydrogens (primary N) is 1. The summed E-state index contributed by atoms with van der Waals surface area (Å²) < 4.78 is 0. The molecule has 0 saturated heterocycles. The number of aliphatic hydroxyl groups excluding tert-OH is 1. The predicted molar refractivity (Wildman–Crippen MR) is 60.3 cm³/mol. The zero-order valence-corrected chi connectivity index (χ0v) is 8.53. The molecule has 0 spiro atoms.